The van der Waals surface area contributed by atoms with Crippen molar-refractivity contribution in [1.29, 1.82) is 10.5 Å². The second-order valence-electron chi connectivity index (χ2n) is 23.2. The summed E-state index contributed by atoms with van der Waals surface area (Å²) in [5.74, 6) is 0. The first-order chi connectivity index (χ1) is 41.1. The second-order valence-corrected chi connectivity index (χ2v) is 23.2. The fourth-order valence-corrected chi connectivity index (χ4v) is 16.3. The molecule has 0 saturated heterocycles. The molecule has 0 atom stereocenters. The molecule has 0 aliphatic carbocycles. The van der Waals surface area contributed by atoms with Crippen LogP contribution in [0.25, 0.3) is 115 Å². The Morgan fingerprint density at radius 3 is 1.33 bits per heavy atom. The first kappa shape index (κ1) is 45.0. The molecule has 0 unspecified atom stereocenters. The molecule has 5 aromatic heterocycles. The van der Waals surface area contributed by atoms with E-state index in [-0.39, 0.29) is 20.1 Å². The molecule has 0 bridgehead atoms. The van der Waals surface area contributed by atoms with Gasteiger partial charge in [0.05, 0.1) is 34.3 Å². The summed E-state index contributed by atoms with van der Waals surface area (Å²) in [6.07, 6.45) is 0. The van der Waals surface area contributed by atoms with Crippen LogP contribution in [0, 0.1) is 29.6 Å². The molecule has 9 heterocycles. The molecule has 4 aliphatic heterocycles. The highest BCUT2D eigenvalue weighted by molar-refractivity contribution is 7.02. The lowest BCUT2D eigenvalue weighted by atomic mass is 9.35. The smallest absolute Gasteiger partial charge is 0.248 e. The number of rotatable bonds is 2. The van der Waals surface area contributed by atoms with Crippen molar-refractivity contribution in [3.63, 3.8) is 0 Å². The average molecular weight is 1050 g/mol. The molecular weight excluding hydrogens is 1000 g/mol. The van der Waals surface area contributed by atoms with Gasteiger partial charge in [-0.05, 0) is 81.2 Å². The van der Waals surface area contributed by atoms with E-state index in [9.17, 15) is 10.5 Å². The van der Waals surface area contributed by atoms with Gasteiger partial charge in [0.2, 0.25) is 20.1 Å². The lowest BCUT2D eigenvalue weighted by Gasteiger charge is -2.24. The first-order valence-electron chi connectivity index (χ1n) is 28.7. The quantitative estimate of drug-likeness (QED) is 0.162. The van der Waals surface area contributed by atoms with Gasteiger partial charge in [-0.1, -0.05) is 228 Å². The highest BCUT2D eigenvalue weighted by Crippen LogP contribution is 2.42. The number of hydrogen-bond acceptors (Lipinski definition) is 2. The third kappa shape index (κ3) is 5.58. The van der Waals surface area contributed by atoms with E-state index >= 15 is 0 Å². The number of nitriles is 2. The zero-order chi connectivity index (χ0) is 54.5. The van der Waals surface area contributed by atoms with Crippen LogP contribution in [-0.2, 0) is 0 Å². The van der Waals surface area contributed by atoms with Gasteiger partial charge in [-0.2, -0.15) is 10.5 Å². The van der Waals surface area contributed by atoms with Gasteiger partial charge in [0.15, 0.2) is 0 Å². The first-order valence-corrected chi connectivity index (χ1v) is 28.7. The van der Waals surface area contributed by atoms with Crippen LogP contribution in [0.5, 0.6) is 0 Å². The third-order valence-corrected chi connectivity index (χ3v) is 19.4. The molecule has 0 spiro atoms. The summed E-state index contributed by atoms with van der Waals surface area (Å²) in [6, 6.07) is 90.0. The summed E-state index contributed by atoms with van der Waals surface area (Å²) in [4.78, 5) is 0. The lowest BCUT2D eigenvalue weighted by Crippen LogP contribution is -2.55. The Morgan fingerprint density at radius 2 is 0.759 bits per heavy atom. The minimum atomic E-state index is 0.0698. The highest BCUT2D eigenvalue weighted by Gasteiger charge is 2.42. The molecular formula is C75H42B3N5. The molecule has 21 rings (SSSR count). The van der Waals surface area contributed by atoms with Crippen LogP contribution in [0.2, 0.25) is 0 Å². The van der Waals surface area contributed by atoms with Gasteiger partial charge in [0.25, 0.3) is 0 Å². The fraction of sp³-hybridized carbons (Fsp3) is 0.0133. The molecule has 83 heavy (non-hydrogen) atoms. The van der Waals surface area contributed by atoms with Crippen LogP contribution in [0.3, 0.4) is 0 Å². The predicted octanol–water partition coefficient (Wildman–Crippen LogP) is 11.0. The summed E-state index contributed by atoms with van der Waals surface area (Å²) >= 11 is 0. The van der Waals surface area contributed by atoms with Crippen molar-refractivity contribution >= 4 is 167 Å². The van der Waals surface area contributed by atoms with Crippen LogP contribution in [-0.4, -0.2) is 33.5 Å². The minimum absolute atomic E-state index is 0.0698. The van der Waals surface area contributed by atoms with Crippen molar-refractivity contribution in [2.45, 2.75) is 6.92 Å². The summed E-state index contributed by atoms with van der Waals surface area (Å²) < 4.78 is 7.44. The Bertz CT molecular complexity index is 5670. The lowest BCUT2D eigenvalue weighted by molar-refractivity contribution is 1.19. The molecule has 17 aromatic rings. The van der Waals surface area contributed by atoms with E-state index < -0.39 is 0 Å². The number of aryl methyl sites for hydroxylation is 1. The molecule has 376 valence electrons. The van der Waals surface area contributed by atoms with Gasteiger partial charge in [0.1, 0.15) is 0 Å². The van der Waals surface area contributed by atoms with E-state index in [0.29, 0.717) is 0 Å². The molecule has 0 amide bonds. The maximum atomic E-state index is 9.77. The van der Waals surface area contributed by atoms with Gasteiger partial charge < -0.3 is 13.4 Å². The maximum absolute atomic E-state index is 9.77. The van der Waals surface area contributed by atoms with Crippen LogP contribution < -0.4 is 49.2 Å². The van der Waals surface area contributed by atoms with Crippen molar-refractivity contribution in [3.05, 3.63) is 253 Å². The van der Waals surface area contributed by atoms with Crippen LogP contribution in [0.15, 0.2) is 237 Å². The Morgan fingerprint density at radius 1 is 0.313 bits per heavy atom. The van der Waals surface area contributed by atoms with Gasteiger partial charge in [0, 0.05) is 92.7 Å². The number of aromatic nitrogens is 3. The second kappa shape index (κ2) is 16.2. The van der Waals surface area contributed by atoms with Crippen molar-refractivity contribution in [3.8, 4) is 29.0 Å². The average Bonchev–Trinajstić information content (AvgIpc) is 4.05. The van der Waals surface area contributed by atoms with Crippen LogP contribution >= 0.6 is 0 Å². The van der Waals surface area contributed by atoms with Crippen LogP contribution in [0.1, 0.15) is 16.7 Å². The molecule has 0 saturated carbocycles. The van der Waals surface area contributed by atoms with E-state index in [1.54, 1.807) is 0 Å². The standard InChI is InChI=1S/2C25H13BN2.C25H16BN/c27-14-15-9-12-20-19(13-15)17-10-11-18-16-5-1-3-7-22(16)28-23-8-4-2-6-21(23)26(20)24(17)25(18)28;27-14-15-6-1-2-11-20(15)26-21-12-4-9-18-16-7-3-8-17-19-10-5-13-22(26)25(19)28(23(16)17)24(18)21;1-15-7-2-3-12-20(15)26-21-13-5-10-18-16-8-4-9-17-19-11-6-14-22(26)25(19)27(23(16)17)24(18)21/h2*1-13H;2-14H,1H3. The normalized spacial score (nSPS) is 13.0. The fourth-order valence-electron chi connectivity index (χ4n) is 16.3. The number of hydrogen-bond donors (Lipinski definition) is 0. The zero-order valence-electron chi connectivity index (χ0n) is 45.0. The molecule has 0 fully saturated rings. The van der Waals surface area contributed by atoms with Crippen molar-refractivity contribution in [1.82, 2.24) is 13.4 Å². The molecule has 5 nitrogen and oxygen atoms in total. The topological polar surface area (TPSA) is 61.3 Å². The van der Waals surface area contributed by atoms with Crippen molar-refractivity contribution in [2.24, 2.45) is 0 Å². The van der Waals surface area contributed by atoms with Crippen molar-refractivity contribution < 1.29 is 0 Å². The molecule has 12 aromatic carbocycles. The van der Waals surface area contributed by atoms with Gasteiger partial charge in [-0.3, -0.25) is 0 Å². The zero-order valence-corrected chi connectivity index (χ0v) is 45.0. The monoisotopic (exact) mass is 1050 g/mol. The van der Waals surface area contributed by atoms with E-state index in [0.717, 1.165) is 16.6 Å². The highest BCUT2D eigenvalue weighted by atomic mass is 15.0. The Labute approximate surface area is 477 Å². The molecule has 8 heteroatoms. The number of benzene rings is 12. The van der Waals surface area contributed by atoms with Gasteiger partial charge >= 0.3 is 0 Å². The maximum Gasteiger partial charge on any atom is 0.248 e. The Hall–Kier alpha value is -10.8. The van der Waals surface area contributed by atoms with E-state index in [4.69, 9.17) is 0 Å². The molecule has 4 aliphatic rings. The predicted molar refractivity (Wildman–Crippen MR) is 349 cm³/mol. The van der Waals surface area contributed by atoms with E-state index in [2.05, 4.69) is 245 Å². The summed E-state index contributed by atoms with van der Waals surface area (Å²) in [7, 11) is 0. The third-order valence-electron chi connectivity index (χ3n) is 19.4. The SMILES string of the molecule is Cc1ccccc1B1c2cccc3c4cccc5c6cccc1c6n(c23)c45.N#Cc1ccc2c(c1)-c1ccc3c4ccccc4n4c3c1B2c1ccccc1-4.N#Cc1ccccc1B1c2cccc3c4cccc5c6cccc1c6n(c23)c45. The summed E-state index contributed by atoms with van der Waals surface area (Å²) in [5, 5.41) is 32.5. The van der Waals surface area contributed by atoms with Gasteiger partial charge in [-0.25, -0.2) is 0 Å². The van der Waals surface area contributed by atoms with E-state index in [1.807, 2.05) is 24.3 Å². The number of nitrogens with zero attached hydrogens (tertiary/aromatic N) is 5. The number of fused-ring (bicyclic) bond motifs is 13. The van der Waals surface area contributed by atoms with E-state index in [1.165, 1.54) is 164 Å². The summed E-state index contributed by atoms with van der Waals surface area (Å²) in [6.45, 7) is 2.82. The Kier molecular flexibility index (Phi) is 8.78. The molecule has 0 N–H and O–H groups in total. The minimum Gasteiger partial charge on any atom is -0.310 e. The number of para-hydroxylation sites is 8. The summed E-state index contributed by atoms with van der Waals surface area (Å²) in [5.41, 5.74) is 29.2. The largest absolute Gasteiger partial charge is 0.310 e. The van der Waals surface area contributed by atoms with Gasteiger partial charge in [-0.15, -0.1) is 0 Å². The molecule has 0 radical (unpaired) electrons. The van der Waals surface area contributed by atoms with Crippen LogP contribution in [0.4, 0.5) is 0 Å². The Balaban J connectivity index is 0.0000000922. The van der Waals surface area contributed by atoms with Crippen molar-refractivity contribution in [2.75, 3.05) is 0 Å².